The Bertz CT molecular complexity index is 758. The molecule has 1 heterocycles. The molecule has 0 amide bonds. The van der Waals surface area contributed by atoms with Crippen molar-refractivity contribution in [1.82, 2.24) is 4.98 Å². The minimum atomic E-state index is 0.209. The van der Waals surface area contributed by atoms with E-state index in [4.69, 9.17) is 9.72 Å². The molecule has 0 spiro atoms. The van der Waals surface area contributed by atoms with Crippen LogP contribution in [0, 0.1) is 6.92 Å². The van der Waals surface area contributed by atoms with E-state index in [0.717, 1.165) is 54.6 Å². The minimum Gasteiger partial charge on any atom is -0.385 e. The van der Waals surface area contributed by atoms with Gasteiger partial charge in [0.25, 0.3) is 0 Å². The molecule has 146 valence electrons. The van der Waals surface area contributed by atoms with E-state index in [1.54, 1.807) is 7.11 Å². The second-order valence-corrected chi connectivity index (χ2v) is 7.05. The first-order chi connectivity index (χ1) is 13.1. The summed E-state index contributed by atoms with van der Waals surface area (Å²) >= 11 is 0. The molecule has 3 heteroatoms. The van der Waals surface area contributed by atoms with Crippen molar-refractivity contribution in [2.75, 3.05) is 13.7 Å². The molecule has 0 saturated heterocycles. The maximum absolute atomic E-state index is 12.7. The highest BCUT2D eigenvalue weighted by atomic mass is 16.5. The third kappa shape index (κ3) is 5.04. The van der Waals surface area contributed by atoms with Gasteiger partial charge in [0.05, 0.1) is 5.69 Å². The van der Waals surface area contributed by atoms with Gasteiger partial charge in [0, 0.05) is 37.0 Å². The zero-order chi connectivity index (χ0) is 19.8. The molecule has 0 fully saturated rings. The Morgan fingerprint density at radius 1 is 1.07 bits per heavy atom. The first-order valence-electron chi connectivity index (χ1n) is 10.2. The molecule has 0 aliphatic heterocycles. The summed E-state index contributed by atoms with van der Waals surface area (Å²) in [6.45, 7) is 9.09. The molecule has 0 atom stereocenters. The third-order valence-electron chi connectivity index (χ3n) is 5.09. The lowest BCUT2D eigenvalue weighted by molar-refractivity contribution is 0.0979. The highest BCUT2D eigenvalue weighted by Gasteiger charge is 2.19. The summed E-state index contributed by atoms with van der Waals surface area (Å²) in [4.78, 5) is 17.6. The average Bonchev–Trinajstić information content (AvgIpc) is 2.67. The van der Waals surface area contributed by atoms with Crippen molar-refractivity contribution < 1.29 is 9.53 Å². The van der Waals surface area contributed by atoms with E-state index in [1.165, 1.54) is 16.7 Å². The topological polar surface area (TPSA) is 39.2 Å². The van der Waals surface area contributed by atoms with Gasteiger partial charge in [-0.05, 0) is 61.8 Å². The molecule has 0 N–H and O–H groups in total. The maximum Gasteiger partial charge on any atom is 0.164 e. The van der Waals surface area contributed by atoms with Gasteiger partial charge in [0.1, 0.15) is 0 Å². The van der Waals surface area contributed by atoms with Crippen LogP contribution in [0.4, 0.5) is 0 Å². The fourth-order valence-corrected chi connectivity index (χ4v) is 3.78. The minimum absolute atomic E-state index is 0.209. The molecule has 1 aromatic carbocycles. The molecule has 0 radical (unpaired) electrons. The second kappa shape index (κ2) is 10.4. The Morgan fingerprint density at radius 3 is 2.30 bits per heavy atom. The summed E-state index contributed by atoms with van der Waals surface area (Å²) in [5.74, 6) is 0.209. The fraction of sp³-hybridized carbons (Fsp3) is 0.500. The van der Waals surface area contributed by atoms with Gasteiger partial charge in [-0.2, -0.15) is 0 Å². The second-order valence-electron chi connectivity index (χ2n) is 7.05. The predicted octanol–water partition coefficient (Wildman–Crippen LogP) is 5.74. The monoisotopic (exact) mass is 367 g/mol. The van der Waals surface area contributed by atoms with Gasteiger partial charge in [0.2, 0.25) is 0 Å². The Balaban J connectivity index is 2.61. The van der Waals surface area contributed by atoms with Gasteiger partial charge in [-0.3, -0.25) is 9.78 Å². The van der Waals surface area contributed by atoms with Crippen molar-refractivity contribution in [1.29, 1.82) is 0 Å². The smallest absolute Gasteiger partial charge is 0.164 e. The number of Topliss-reactive ketones (excluding diaryl/α,β-unsaturated/α-hetero) is 1. The van der Waals surface area contributed by atoms with Crippen LogP contribution in [0.5, 0.6) is 0 Å². The molecule has 0 aliphatic rings. The number of aromatic nitrogens is 1. The van der Waals surface area contributed by atoms with E-state index in [9.17, 15) is 4.79 Å². The normalized spacial score (nSPS) is 11.0. The predicted molar refractivity (Wildman–Crippen MR) is 113 cm³/mol. The summed E-state index contributed by atoms with van der Waals surface area (Å²) in [7, 11) is 1.72. The van der Waals surface area contributed by atoms with Crippen molar-refractivity contribution in [3.8, 4) is 11.3 Å². The standard InChI is InChI=1S/C24H33NO2/c1-6-11-22(26)23-17(4)25-21(16-20(23)14-10-15-27-5)24-18(7-2)12-9-13-19(24)8-3/h9,12-13,16H,6-8,10-11,14-15H2,1-5H3. The quantitative estimate of drug-likeness (QED) is 0.397. The molecule has 0 saturated carbocycles. The number of hydrogen-bond donors (Lipinski definition) is 0. The first kappa shape index (κ1) is 21.3. The SMILES string of the molecule is CCCC(=O)c1c(CCCOC)cc(-c2c(CC)cccc2CC)nc1C. The highest BCUT2D eigenvalue weighted by Crippen LogP contribution is 2.31. The molecule has 1 aromatic heterocycles. The number of aryl methyl sites for hydroxylation is 4. The van der Waals surface area contributed by atoms with Crippen LogP contribution >= 0.6 is 0 Å². The number of ketones is 1. The molecular weight excluding hydrogens is 334 g/mol. The number of ether oxygens (including phenoxy) is 1. The molecular formula is C24H33NO2. The van der Waals surface area contributed by atoms with Crippen LogP contribution in [0.15, 0.2) is 24.3 Å². The number of hydrogen-bond acceptors (Lipinski definition) is 3. The summed E-state index contributed by atoms with van der Waals surface area (Å²) in [6.07, 6.45) is 5.12. The Hall–Kier alpha value is -2.00. The van der Waals surface area contributed by atoms with Gasteiger partial charge >= 0.3 is 0 Å². The summed E-state index contributed by atoms with van der Waals surface area (Å²) in [5.41, 5.74) is 7.67. The lowest BCUT2D eigenvalue weighted by Gasteiger charge is -2.17. The number of pyridine rings is 1. The molecule has 2 rings (SSSR count). The number of methoxy groups -OCH3 is 1. The van der Waals surface area contributed by atoms with Crippen molar-refractivity contribution in [3.63, 3.8) is 0 Å². The molecule has 0 bridgehead atoms. The van der Waals surface area contributed by atoms with E-state index in [1.807, 2.05) is 13.8 Å². The average molecular weight is 368 g/mol. The van der Waals surface area contributed by atoms with Crippen LogP contribution in [0.25, 0.3) is 11.3 Å². The van der Waals surface area contributed by atoms with Crippen LogP contribution in [-0.4, -0.2) is 24.5 Å². The number of benzene rings is 1. The Morgan fingerprint density at radius 2 is 1.74 bits per heavy atom. The zero-order valence-corrected chi connectivity index (χ0v) is 17.5. The van der Waals surface area contributed by atoms with Crippen molar-refractivity contribution >= 4 is 5.78 Å². The summed E-state index contributed by atoms with van der Waals surface area (Å²) in [6, 6.07) is 8.66. The number of carbonyl (C=O) groups excluding carboxylic acids is 1. The number of carbonyl (C=O) groups is 1. The maximum atomic E-state index is 12.7. The number of rotatable bonds is 10. The molecule has 2 aromatic rings. The first-order valence-corrected chi connectivity index (χ1v) is 10.2. The van der Waals surface area contributed by atoms with Crippen LogP contribution in [0.2, 0.25) is 0 Å². The van der Waals surface area contributed by atoms with Crippen molar-refractivity contribution in [3.05, 3.63) is 52.2 Å². The van der Waals surface area contributed by atoms with Gasteiger partial charge in [0.15, 0.2) is 5.78 Å². The van der Waals surface area contributed by atoms with Crippen LogP contribution in [0.1, 0.15) is 72.8 Å². The zero-order valence-electron chi connectivity index (χ0n) is 17.5. The van der Waals surface area contributed by atoms with Crippen LogP contribution < -0.4 is 0 Å². The van der Waals surface area contributed by atoms with Crippen molar-refractivity contribution in [2.45, 2.75) is 66.2 Å². The van der Waals surface area contributed by atoms with E-state index in [-0.39, 0.29) is 5.78 Å². The third-order valence-corrected chi connectivity index (χ3v) is 5.09. The van der Waals surface area contributed by atoms with Gasteiger partial charge in [-0.15, -0.1) is 0 Å². The van der Waals surface area contributed by atoms with Gasteiger partial charge in [-0.25, -0.2) is 0 Å². The fourth-order valence-electron chi connectivity index (χ4n) is 3.78. The van der Waals surface area contributed by atoms with Crippen molar-refractivity contribution in [2.24, 2.45) is 0 Å². The van der Waals surface area contributed by atoms with E-state index in [2.05, 4.69) is 38.1 Å². The highest BCUT2D eigenvalue weighted by molar-refractivity contribution is 5.99. The Kier molecular flexibility index (Phi) is 8.18. The van der Waals surface area contributed by atoms with Gasteiger partial charge < -0.3 is 4.74 Å². The van der Waals surface area contributed by atoms with E-state index < -0.39 is 0 Å². The Labute approximate surface area is 164 Å². The summed E-state index contributed by atoms with van der Waals surface area (Å²) < 4.78 is 5.23. The lowest BCUT2D eigenvalue weighted by Crippen LogP contribution is -2.10. The van der Waals surface area contributed by atoms with E-state index in [0.29, 0.717) is 13.0 Å². The lowest BCUT2D eigenvalue weighted by atomic mass is 9.90. The largest absolute Gasteiger partial charge is 0.385 e. The molecule has 0 unspecified atom stereocenters. The number of nitrogens with zero attached hydrogens (tertiary/aromatic N) is 1. The summed E-state index contributed by atoms with van der Waals surface area (Å²) in [5, 5.41) is 0. The molecule has 3 nitrogen and oxygen atoms in total. The van der Waals surface area contributed by atoms with Gasteiger partial charge in [-0.1, -0.05) is 39.0 Å². The van der Waals surface area contributed by atoms with Crippen LogP contribution in [0.3, 0.4) is 0 Å². The van der Waals surface area contributed by atoms with E-state index >= 15 is 0 Å². The van der Waals surface area contributed by atoms with Crippen LogP contribution in [-0.2, 0) is 24.0 Å². The molecule has 0 aliphatic carbocycles. The molecule has 27 heavy (non-hydrogen) atoms.